The fraction of sp³-hybridized carbons (Fsp3) is 0.259. The third-order valence-electron chi connectivity index (χ3n) is 5.79. The van der Waals surface area contributed by atoms with Crippen molar-refractivity contribution in [1.29, 1.82) is 0 Å². The Bertz CT molecular complexity index is 1190. The largest absolute Gasteiger partial charge is 0.497 e. The predicted octanol–water partition coefficient (Wildman–Crippen LogP) is 5.30. The Labute approximate surface area is 200 Å². The van der Waals surface area contributed by atoms with E-state index in [0.29, 0.717) is 13.1 Å². The van der Waals surface area contributed by atoms with Gasteiger partial charge in [-0.25, -0.2) is 9.37 Å². The van der Waals surface area contributed by atoms with Crippen LogP contribution < -0.4 is 20.3 Å². The molecule has 0 bridgehead atoms. The van der Waals surface area contributed by atoms with Crippen LogP contribution in [0.4, 0.5) is 21.6 Å². The molecule has 34 heavy (non-hydrogen) atoms. The van der Waals surface area contributed by atoms with Gasteiger partial charge in [0.1, 0.15) is 17.4 Å². The van der Waals surface area contributed by atoms with Crippen molar-refractivity contribution in [1.82, 2.24) is 4.98 Å². The number of pyridine rings is 1. The van der Waals surface area contributed by atoms with Gasteiger partial charge in [-0.05, 0) is 73.4 Å². The molecule has 1 amide bonds. The van der Waals surface area contributed by atoms with Crippen LogP contribution in [-0.4, -0.2) is 32.1 Å². The highest BCUT2D eigenvalue weighted by Gasteiger charge is 2.14. The summed E-state index contributed by atoms with van der Waals surface area (Å²) in [5.74, 6) is 1.11. The lowest BCUT2D eigenvalue weighted by Crippen LogP contribution is -2.23. The van der Waals surface area contributed by atoms with Crippen molar-refractivity contribution in [3.8, 4) is 5.75 Å². The van der Waals surface area contributed by atoms with Crippen LogP contribution >= 0.6 is 0 Å². The Morgan fingerprint density at radius 2 is 1.91 bits per heavy atom. The highest BCUT2D eigenvalue weighted by atomic mass is 19.1. The van der Waals surface area contributed by atoms with Crippen LogP contribution in [0.3, 0.4) is 0 Å². The Morgan fingerprint density at radius 3 is 2.53 bits per heavy atom. The number of hydrogen-bond acceptors (Lipinski definition) is 5. The fourth-order valence-electron chi connectivity index (χ4n) is 3.83. The predicted molar refractivity (Wildman–Crippen MR) is 138 cm³/mol. The van der Waals surface area contributed by atoms with Crippen molar-refractivity contribution in [2.24, 2.45) is 0 Å². The Hall–Kier alpha value is -3.87. The zero-order valence-electron chi connectivity index (χ0n) is 20.3. The molecule has 3 aromatic rings. The van der Waals surface area contributed by atoms with Gasteiger partial charge >= 0.3 is 0 Å². The van der Waals surface area contributed by atoms with Crippen molar-refractivity contribution in [2.75, 3.05) is 36.2 Å². The fourth-order valence-corrected chi connectivity index (χ4v) is 3.83. The summed E-state index contributed by atoms with van der Waals surface area (Å²) in [5.41, 5.74) is 11.1. The van der Waals surface area contributed by atoms with E-state index in [4.69, 9.17) is 10.5 Å². The maximum atomic E-state index is 13.8. The third-order valence-corrected chi connectivity index (χ3v) is 5.79. The molecular formula is C27H31FN4O2. The van der Waals surface area contributed by atoms with Gasteiger partial charge in [0.15, 0.2) is 0 Å². The first kappa shape index (κ1) is 24.8. The minimum Gasteiger partial charge on any atom is -0.497 e. The van der Waals surface area contributed by atoms with Gasteiger partial charge in [-0.2, -0.15) is 0 Å². The van der Waals surface area contributed by atoms with Crippen LogP contribution in [0.5, 0.6) is 5.75 Å². The van der Waals surface area contributed by atoms with E-state index in [1.165, 1.54) is 6.07 Å². The number of carbonyl (C=O) groups is 1. The number of nitrogens with two attached hydrogens (primary N) is 1. The molecule has 1 heterocycles. The number of nitrogens with zero attached hydrogens (tertiary/aromatic N) is 3. The molecule has 0 atom stereocenters. The molecule has 2 N–H and O–H groups in total. The van der Waals surface area contributed by atoms with Crippen molar-refractivity contribution in [2.45, 2.75) is 27.3 Å². The first-order chi connectivity index (χ1) is 16.3. The molecule has 1 aromatic heterocycles. The topological polar surface area (TPSA) is 71.7 Å². The quantitative estimate of drug-likeness (QED) is 0.345. The van der Waals surface area contributed by atoms with Crippen LogP contribution in [0.1, 0.15) is 36.1 Å². The zero-order chi connectivity index (χ0) is 24.8. The molecule has 0 aliphatic heterocycles. The summed E-state index contributed by atoms with van der Waals surface area (Å²) in [4.78, 5) is 20.1. The van der Waals surface area contributed by atoms with Gasteiger partial charge in [-0.3, -0.25) is 4.79 Å². The number of benzene rings is 2. The second-order valence-electron chi connectivity index (χ2n) is 8.21. The summed E-state index contributed by atoms with van der Waals surface area (Å²) in [6.45, 7) is 6.85. The second-order valence-corrected chi connectivity index (χ2v) is 8.21. The van der Waals surface area contributed by atoms with Crippen molar-refractivity contribution >= 4 is 35.3 Å². The normalized spacial score (nSPS) is 11.3. The van der Waals surface area contributed by atoms with Crippen molar-refractivity contribution in [3.05, 3.63) is 76.7 Å². The van der Waals surface area contributed by atoms with Crippen LogP contribution in [0.15, 0.2) is 48.7 Å². The molecule has 0 radical (unpaired) electrons. The number of amides is 1. The van der Waals surface area contributed by atoms with Gasteiger partial charge in [0, 0.05) is 38.0 Å². The Kier molecular flexibility index (Phi) is 7.89. The van der Waals surface area contributed by atoms with Gasteiger partial charge in [0.2, 0.25) is 6.41 Å². The van der Waals surface area contributed by atoms with Crippen LogP contribution in [0.2, 0.25) is 0 Å². The van der Waals surface area contributed by atoms with Crippen LogP contribution in [-0.2, 0) is 11.3 Å². The first-order valence-corrected chi connectivity index (χ1v) is 11.1. The summed E-state index contributed by atoms with van der Waals surface area (Å²) in [6, 6.07) is 12.9. The molecular weight excluding hydrogens is 431 g/mol. The van der Waals surface area contributed by atoms with E-state index >= 15 is 0 Å². The zero-order valence-corrected chi connectivity index (χ0v) is 20.3. The Balaban J connectivity index is 1.97. The molecule has 0 fully saturated rings. The number of halogens is 1. The standard InChI is InChI=1S/C27H31FN4O2/c1-6-32(17-33)26-14-27(31(4)16-20-7-9-22(34-5)10-8-20)30-15-21(26)11-18(2)23-13-25(29)24(28)12-19(23)3/h7-15,17H,6,16,29H2,1-5H3/b18-11+. The highest BCUT2D eigenvalue weighted by Crippen LogP contribution is 2.30. The van der Waals surface area contributed by atoms with Crippen molar-refractivity contribution < 1.29 is 13.9 Å². The maximum absolute atomic E-state index is 13.8. The maximum Gasteiger partial charge on any atom is 0.214 e. The van der Waals surface area contributed by atoms with Gasteiger partial charge < -0.3 is 20.3 Å². The lowest BCUT2D eigenvalue weighted by atomic mass is 9.98. The third kappa shape index (κ3) is 5.54. The SMILES string of the molecule is CCN(C=O)c1cc(N(C)Cc2ccc(OC)cc2)ncc1/C=C(\C)c1cc(N)c(F)cc1C. The number of ether oxygens (including phenoxy) is 1. The molecule has 0 aliphatic carbocycles. The van der Waals surface area contributed by atoms with E-state index in [0.717, 1.165) is 51.5 Å². The van der Waals surface area contributed by atoms with Gasteiger partial charge in [0.05, 0.1) is 18.5 Å². The van der Waals surface area contributed by atoms with E-state index in [1.54, 1.807) is 24.3 Å². The van der Waals surface area contributed by atoms with Crippen LogP contribution in [0.25, 0.3) is 11.6 Å². The summed E-state index contributed by atoms with van der Waals surface area (Å²) >= 11 is 0. The molecule has 3 rings (SSSR count). The minimum atomic E-state index is -0.432. The average Bonchev–Trinajstić information content (AvgIpc) is 2.83. The average molecular weight is 463 g/mol. The molecule has 0 saturated heterocycles. The molecule has 0 spiro atoms. The van der Waals surface area contributed by atoms with Gasteiger partial charge in [-0.15, -0.1) is 0 Å². The molecule has 0 unspecified atom stereocenters. The lowest BCUT2D eigenvalue weighted by Gasteiger charge is -2.23. The molecule has 7 heteroatoms. The summed E-state index contributed by atoms with van der Waals surface area (Å²) < 4.78 is 19.0. The van der Waals surface area contributed by atoms with E-state index in [1.807, 2.05) is 69.1 Å². The number of aromatic nitrogens is 1. The Morgan fingerprint density at radius 1 is 1.21 bits per heavy atom. The highest BCUT2D eigenvalue weighted by molar-refractivity contribution is 5.89. The number of methoxy groups -OCH3 is 1. The van der Waals surface area contributed by atoms with Gasteiger partial charge in [-0.1, -0.05) is 12.1 Å². The van der Waals surface area contributed by atoms with E-state index < -0.39 is 5.82 Å². The monoisotopic (exact) mass is 462 g/mol. The molecule has 178 valence electrons. The second kappa shape index (κ2) is 10.8. The van der Waals surface area contributed by atoms with E-state index in [9.17, 15) is 9.18 Å². The molecule has 0 aliphatic rings. The number of carbonyl (C=O) groups excluding carboxylic acids is 1. The van der Waals surface area contributed by atoms with Crippen LogP contribution in [0, 0.1) is 12.7 Å². The first-order valence-electron chi connectivity index (χ1n) is 11.1. The number of nitrogen functional groups attached to an aromatic ring is 1. The van der Waals surface area contributed by atoms with Crippen molar-refractivity contribution in [3.63, 3.8) is 0 Å². The summed E-state index contributed by atoms with van der Waals surface area (Å²) in [7, 11) is 3.60. The van der Waals surface area contributed by atoms with E-state index in [-0.39, 0.29) is 5.69 Å². The molecule has 6 nitrogen and oxygen atoms in total. The number of allylic oxidation sites excluding steroid dienone is 1. The summed E-state index contributed by atoms with van der Waals surface area (Å²) in [5, 5.41) is 0. The van der Waals surface area contributed by atoms with Gasteiger partial charge in [0.25, 0.3) is 0 Å². The van der Waals surface area contributed by atoms with E-state index in [2.05, 4.69) is 4.98 Å². The lowest BCUT2D eigenvalue weighted by molar-refractivity contribution is -0.107. The number of anilines is 3. The number of rotatable bonds is 9. The number of aryl methyl sites for hydroxylation is 1. The molecule has 2 aromatic carbocycles. The number of hydrogen-bond donors (Lipinski definition) is 1. The smallest absolute Gasteiger partial charge is 0.214 e. The molecule has 0 saturated carbocycles. The summed E-state index contributed by atoms with van der Waals surface area (Å²) in [6.07, 6.45) is 4.52. The minimum absolute atomic E-state index is 0.102.